The van der Waals surface area contributed by atoms with Gasteiger partial charge in [0.2, 0.25) is 0 Å². The molecule has 0 bridgehead atoms. The van der Waals surface area contributed by atoms with Crippen molar-refractivity contribution in [3.8, 4) is 0 Å². The molecule has 1 aliphatic heterocycles. The fourth-order valence-corrected chi connectivity index (χ4v) is 3.29. The minimum Gasteiger partial charge on any atom is -0.398 e. The summed E-state index contributed by atoms with van der Waals surface area (Å²) in [5.74, 6) is -1.08. The van der Waals surface area contributed by atoms with E-state index in [-0.39, 0.29) is 30.2 Å². The van der Waals surface area contributed by atoms with Crippen LogP contribution < -0.4 is 5.73 Å². The van der Waals surface area contributed by atoms with Crippen LogP contribution in [-0.2, 0) is 16.0 Å². The van der Waals surface area contributed by atoms with E-state index in [1.165, 1.54) is 11.0 Å². The Morgan fingerprint density at radius 2 is 1.76 bits per heavy atom. The Morgan fingerprint density at radius 1 is 1.19 bits per heavy atom. The molecule has 0 radical (unpaired) electrons. The van der Waals surface area contributed by atoms with Crippen LogP contribution in [0, 0.1) is 0 Å². The number of nitrogens with two attached hydrogens (primary N) is 1. The van der Waals surface area contributed by atoms with Gasteiger partial charge in [-0.3, -0.25) is 4.79 Å². The van der Waals surface area contributed by atoms with Crippen molar-refractivity contribution in [1.29, 1.82) is 0 Å². The summed E-state index contributed by atoms with van der Waals surface area (Å²) in [7, 11) is -3.18. The second kappa shape index (κ2) is 5.21. The van der Waals surface area contributed by atoms with E-state index in [4.69, 9.17) is 5.73 Å². The summed E-state index contributed by atoms with van der Waals surface area (Å²) in [5.41, 5.74) is 3.48. The zero-order valence-corrected chi connectivity index (χ0v) is 11.7. The smallest absolute Gasteiger partial charge is 0.398 e. The highest BCUT2D eigenvalue weighted by Gasteiger charge is 2.35. The first-order valence-corrected chi connectivity index (χ1v) is 7.89. The molecule has 1 aromatic rings. The summed E-state index contributed by atoms with van der Waals surface area (Å²) in [6, 6.07) is 3.11. The van der Waals surface area contributed by atoms with Gasteiger partial charge in [0.05, 0.1) is 28.3 Å². The maximum Gasteiger partial charge on any atom is 0.418 e. The molecule has 0 saturated carbocycles. The van der Waals surface area contributed by atoms with E-state index in [1.54, 1.807) is 0 Å². The second-order valence-corrected chi connectivity index (χ2v) is 7.01. The Balaban J connectivity index is 2.29. The van der Waals surface area contributed by atoms with Gasteiger partial charge in [0.25, 0.3) is 5.91 Å². The number of para-hydroxylation sites is 1. The second-order valence-electron chi connectivity index (χ2n) is 4.71. The van der Waals surface area contributed by atoms with Gasteiger partial charge in [0.1, 0.15) is 0 Å². The Kier molecular flexibility index (Phi) is 3.87. The number of nitrogens with zero attached hydrogens (tertiary/aromatic N) is 1. The summed E-state index contributed by atoms with van der Waals surface area (Å²) < 4.78 is 60.8. The van der Waals surface area contributed by atoms with Crippen molar-refractivity contribution in [1.82, 2.24) is 4.90 Å². The third-order valence-electron chi connectivity index (χ3n) is 3.27. The average Bonchev–Trinajstić information content (AvgIpc) is 2.37. The Bertz CT molecular complexity index is 657. The first-order chi connectivity index (χ1) is 9.62. The SMILES string of the molecule is Nc1c(C(=O)N2CCS(=O)(=O)CC2)cccc1C(F)(F)F. The van der Waals surface area contributed by atoms with Crippen LogP contribution >= 0.6 is 0 Å². The molecule has 2 N–H and O–H groups in total. The first-order valence-electron chi connectivity index (χ1n) is 6.07. The number of hydrogen-bond acceptors (Lipinski definition) is 4. The average molecular weight is 322 g/mol. The van der Waals surface area contributed by atoms with Crippen molar-refractivity contribution in [3.63, 3.8) is 0 Å². The van der Waals surface area contributed by atoms with Gasteiger partial charge in [-0.1, -0.05) is 6.07 Å². The zero-order valence-electron chi connectivity index (χ0n) is 10.9. The van der Waals surface area contributed by atoms with Gasteiger partial charge in [0.15, 0.2) is 9.84 Å². The predicted molar refractivity (Wildman–Crippen MR) is 70.4 cm³/mol. The van der Waals surface area contributed by atoms with Gasteiger partial charge in [-0.25, -0.2) is 8.42 Å². The molecule has 5 nitrogen and oxygen atoms in total. The number of alkyl halides is 3. The van der Waals surface area contributed by atoms with Gasteiger partial charge < -0.3 is 10.6 Å². The van der Waals surface area contributed by atoms with Crippen LogP contribution in [0.4, 0.5) is 18.9 Å². The number of benzene rings is 1. The first kappa shape index (κ1) is 15.6. The number of nitrogen functional groups attached to an aromatic ring is 1. The topological polar surface area (TPSA) is 80.5 Å². The van der Waals surface area contributed by atoms with E-state index >= 15 is 0 Å². The normalized spacial score (nSPS) is 18.5. The number of carbonyl (C=O) groups excluding carboxylic acids is 1. The molecule has 1 fully saturated rings. The fourth-order valence-electron chi connectivity index (χ4n) is 2.08. The number of halogens is 3. The maximum atomic E-state index is 12.8. The van der Waals surface area contributed by atoms with Crippen molar-refractivity contribution in [2.75, 3.05) is 30.3 Å². The van der Waals surface area contributed by atoms with Gasteiger partial charge >= 0.3 is 6.18 Å². The van der Waals surface area contributed by atoms with E-state index in [1.807, 2.05) is 0 Å². The number of rotatable bonds is 1. The van der Waals surface area contributed by atoms with E-state index in [2.05, 4.69) is 0 Å². The molecular formula is C12H13F3N2O3S. The molecule has 0 unspecified atom stereocenters. The zero-order chi connectivity index (χ0) is 15.8. The fraction of sp³-hybridized carbons (Fsp3) is 0.417. The van der Waals surface area contributed by atoms with E-state index in [9.17, 15) is 26.4 Å². The molecule has 1 heterocycles. The molecule has 1 amide bonds. The van der Waals surface area contributed by atoms with Crippen molar-refractivity contribution in [2.24, 2.45) is 0 Å². The van der Waals surface area contributed by atoms with E-state index < -0.39 is 33.2 Å². The highest BCUT2D eigenvalue weighted by Crippen LogP contribution is 2.35. The molecule has 116 valence electrons. The molecule has 2 rings (SSSR count). The van der Waals surface area contributed by atoms with Crippen LogP contribution in [0.1, 0.15) is 15.9 Å². The number of carbonyl (C=O) groups is 1. The molecule has 1 aromatic carbocycles. The largest absolute Gasteiger partial charge is 0.418 e. The van der Waals surface area contributed by atoms with Crippen molar-refractivity contribution in [2.45, 2.75) is 6.18 Å². The molecule has 1 saturated heterocycles. The molecule has 0 aliphatic carbocycles. The van der Waals surface area contributed by atoms with Crippen LogP contribution in [-0.4, -0.2) is 43.8 Å². The molecule has 0 spiro atoms. The van der Waals surface area contributed by atoms with Crippen molar-refractivity contribution >= 4 is 21.4 Å². The minimum atomic E-state index is -4.65. The summed E-state index contributed by atoms with van der Waals surface area (Å²) in [6.07, 6.45) is -4.65. The minimum absolute atomic E-state index is 0.0448. The third-order valence-corrected chi connectivity index (χ3v) is 4.88. The van der Waals surface area contributed by atoms with Crippen molar-refractivity contribution in [3.05, 3.63) is 29.3 Å². The van der Waals surface area contributed by atoms with Crippen LogP contribution in [0.15, 0.2) is 18.2 Å². The van der Waals surface area contributed by atoms with E-state index in [0.29, 0.717) is 0 Å². The summed E-state index contributed by atoms with van der Waals surface area (Å²) in [4.78, 5) is 13.4. The van der Waals surface area contributed by atoms with E-state index in [0.717, 1.165) is 12.1 Å². The lowest BCUT2D eigenvalue weighted by Gasteiger charge is -2.27. The third kappa shape index (κ3) is 3.29. The maximum absolute atomic E-state index is 12.8. The lowest BCUT2D eigenvalue weighted by Crippen LogP contribution is -2.44. The van der Waals surface area contributed by atoms with Gasteiger partial charge in [-0.05, 0) is 12.1 Å². The molecular weight excluding hydrogens is 309 g/mol. The van der Waals surface area contributed by atoms with Gasteiger partial charge in [-0.2, -0.15) is 13.2 Å². The summed E-state index contributed by atoms with van der Waals surface area (Å²) >= 11 is 0. The van der Waals surface area contributed by atoms with Crippen LogP contribution in [0.5, 0.6) is 0 Å². The molecule has 1 aliphatic rings. The van der Waals surface area contributed by atoms with Gasteiger partial charge in [0, 0.05) is 13.1 Å². The Labute approximate surface area is 119 Å². The number of amides is 1. The number of sulfone groups is 1. The highest BCUT2D eigenvalue weighted by atomic mass is 32.2. The Morgan fingerprint density at radius 3 is 2.29 bits per heavy atom. The van der Waals surface area contributed by atoms with Crippen LogP contribution in [0.25, 0.3) is 0 Å². The molecule has 0 atom stereocenters. The standard InChI is InChI=1S/C12H13F3N2O3S/c13-12(14,15)9-3-1-2-8(10(9)16)11(18)17-4-6-21(19,20)7-5-17/h1-3H,4-7,16H2. The lowest BCUT2D eigenvalue weighted by molar-refractivity contribution is -0.136. The molecule has 21 heavy (non-hydrogen) atoms. The summed E-state index contributed by atoms with van der Waals surface area (Å²) in [6.45, 7) is -0.0896. The number of anilines is 1. The quantitative estimate of drug-likeness (QED) is 0.787. The van der Waals surface area contributed by atoms with Gasteiger partial charge in [-0.15, -0.1) is 0 Å². The van der Waals surface area contributed by atoms with Crippen molar-refractivity contribution < 1.29 is 26.4 Å². The summed E-state index contributed by atoms with van der Waals surface area (Å²) in [5, 5.41) is 0. The van der Waals surface area contributed by atoms with Crippen LogP contribution in [0.2, 0.25) is 0 Å². The lowest BCUT2D eigenvalue weighted by atomic mass is 10.1. The number of hydrogen-bond donors (Lipinski definition) is 1. The monoisotopic (exact) mass is 322 g/mol. The molecule has 9 heteroatoms. The van der Waals surface area contributed by atoms with Crippen LogP contribution in [0.3, 0.4) is 0 Å². The highest BCUT2D eigenvalue weighted by molar-refractivity contribution is 7.91. The molecule has 0 aromatic heterocycles. The Hall–Kier alpha value is -1.77. The predicted octanol–water partition coefficient (Wildman–Crippen LogP) is 1.16.